The summed E-state index contributed by atoms with van der Waals surface area (Å²) in [6.45, 7) is 5.30. The number of halogens is 1. The van der Waals surface area contributed by atoms with Gasteiger partial charge in [-0.05, 0) is 56.4 Å². The van der Waals surface area contributed by atoms with Crippen LogP contribution in [0, 0.1) is 0 Å². The van der Waals surface area contributed by atoms with Crippen molar-refractivity contribution in [1.29, 1.82) is 0 Å². The van der Waals surface area contributed by atoms with Crippen molar-refractivity contribution in [1.82, 2.24) is 15.1 Å². The maximum atomic E-state index is 13.2. The number of hydrogen-bond acceptors (Lipinski definition) is 5. The van der Waals surface area contributed by atoms with Crippen molar-refractivity contribution in [2.75, 3.05) is 57.2 Å². The normalized spacial score (nSPS) is 15.5. The number of piperazine rings is 1. The van der Waals surface area contributed by atoms with Crippen molar-refractivity contribution in [2.45, 2.75) is 11.3 Å². The summed E-state index contributed by atoms with van der Waals surface area (Å²) in [6, 6.07) is 14.5. The third-order valence-corrected chi connectivity index (χ3v) is 7.34. The summed E-state index contributed by atoms with van der Waals surface area (Å²) in [5.74, 6) is -0.340. The number of nitrogens with zero attached hydrogens (tertiary/aromatic N) is 3. The highest BCUT2D eigenvalue weighted by molar-refractivity contribution is 7.92. The lowest BCUT2D eigenvalue weighted by Gasteiger charge is -2.32. The highest BCUT2D eigenvalue weighted by Crippen LogP contribution is 2.25. The SMILES string of the molecule is CN1CCN(CCCNC(=O)CN(c2ccc(Cl)cc2)S(=O)(=O)c2ccccc2)CC1. The van der Waals surface area contributed by atoms with Crippen molar-refractivity contribution < 1.29 is 13.2 Å². The van der Waals surface area contributed by atoms with E-state index in [0.29, 0.717) is 17.3 Å². The number of rotatable bonds is 9. The monoisotopic (exact) mass is 464 g/mol. The van der Waals surface area contributed by atoms with Gasteiger partial charge in [-0.1, -0.05) is 29.8 Å². The van der Waals surface area contributed by atoms with Gasteiger partial charge in [0.15, 0.2) is 0 Å². The summed E-state index contributed by atoms with van der Waals surface area (Å²) in [6.07, 6.45) is 0.821. The molecule has 168 valence electrons. The summed E-state index contributed by atoms with van der Waals surface area (Å²) in [4.78, 5) is 17.4. The molecule has 1 N–H and O–H groups in total. The molecule has 1 fully saturated rings. The number of benzene rings is 2. The number of anilines is 1. The van der Waals surface area contributed by atoms with E-state index in [2.05, 4.69) is 22.2 Å². The topological polar surface area (TPSA) is 73.0 Å². The lowest BCUT2D eigenvalue weighted by atomic mass is 10.3. The number of hydrogen-bond donors (Lipinski definition) is 1. The van der Waals surface area contributed by atoms with Crippen LogP contribution in [0.15, 0.2) is 59.5 Å². The zero-order valence-corrected chi connectivity index (χ0v) is 19.3. The van der Waals surface area contributed by atoms with Gasteiger partial charge in [0, 0.05) is 37.7 Å². The lowest BCUT2D eigenvalue weighted by Crippen LogP contribution is -2.45. The minimum absolute atomic E-state index is 0.132. The highest BCUT2D eigenvalue weighted by atomic mass is 35.5. The molecule has 1 heterocycles. The van der Waals surface area contributed by atoms with E-state index in [9.17, 15) is 13.2 Å². The zero-order valence-electron chi connectivity index (χ0n) is 17.7. The lowest BCUT2D eigenvalue weighted by molar-refractivity contribution is -0.119. The third kappa shape index (κ3) is 6.67. The van der Waals surface area contributed by atoms with E-state index in [1.807, 2.05) is 0 Å². The molecule has 31 heavy (non-hydrogen) atoms. The molecule has 0 aromatic heterocycles. The molecule has 2 aromatic carbocycles. The van der Waals surface area contributed by atoms with Crippen LogP contribution in [0.4, 0.5) is 5.69 Å². The first-order chi connectivity index (χ1) is 14.9. The predicted octanol–water partition coefficient (Wildman–Crippen LogP) is 2.29. The van der Waals surface area contributed by atoms with Gasteiger partial charge in [-0.25, -0.2) is 8.42 Å². The van der Waals surface area contributed by atoms with Gasteiger partial charge in [-0.15, -0.1) is 0 Å². The molecule has 0 saturated carbocycles. The Morgan fingerprint density at radius 3 is 2.32 bits per heavy atom. The van der Waals surface area contributed by atoms with Gasteiger partial charge in [-0.3, -0.25) is 9.10 Å². The Bertz CT molecular complexity index is 946. The van der Waals surface area contributed by atoms with Gasteiger partial charge in [0.1, 0.15) is 6.54 Å². The number of nitrogens with one attached hydrogen (secondary N) is 1. The van der Waals surface area contributed by atoms with Gasteiger partial charge in [0.2, 0.25) is 5.91 Å². The molecule has 0 radical (unpaired) electrons. The van der Waals surface area contributed by atoms with Crippen molar-refractivity contribution in [3.63, 3.8) is 0 Å². The minimum atomic E-state index is -3.90. The third-order valence-electron chi connectivity index (χ3n) is 5.30. The molecule has 0 bridgehead atoms. The van der Waals surface area contributed by atoms with Crippen LogP contribution >= 0.6 is 11.6 Å². The maximum absolute atomic E-state index is 13.2. The Balaban J connectivity index is 1.62. The molecule has 0 atom stereocenters. The quantitative estimate of drug-likeness (QED) is 0.576. The van der Waals surface area contributed by atoms with Crippen molar-refractivity contribution in [3.8, 4) is 0 Å². The Morgan fingerprint density at radius 2 is 1.68 bits per heavy atom. The van der Waals surface area contributed by atoms with Gasteiger partial charge in [-0.2, -0.15) is 0 Å². The van der Waals surface area contributed by atoms with Crippen LogP contribution in [0.5, 0.6) is 0 Å². The molecule has 3 rings (SSSR count). The van der Waals surface area contributed by atoms with Crippen LogP contribution in [-0.4, -0.2) is 77.0 Å². The second-order valence-corrected chi connectivity index (χ2v) is 9.95. The summed E-state index contributed by atoms with van der Waals surface area (Å²) in [5.41, 5.74) is 0.390. The summed E-state index contributed by atoms with van der Waals surface area (Å²) >= 11 is 5.96. The number of sulfonamides is 1. The van der Waals surface area contributed by atoms with Gasteiger partial charge in [0.05, 0.1) is 10.6 Å². The van der Waals surface area contributed by atoms with Crippen molar-refractivity contribution in [2.24, 2.45) is 0 Å². The molecule has 0 unspecified atom stereocenters. The van der Waals surface area contributed by atoms with E-state index < -0.39 is 10.0 Å². The van der Waals surface area contributed by atoms with E-state index in [-0.39, 0.29) is 17.3 Å². The number of carbonyl (C=O) groups is 1. The fourth-order valence-corrected chi connectivity index (χ4v) is 5.00. The van der Waals surface area contributed by atoms with Crippen molar-refractivity contribution >= 4 is 33.2 Å². The second kappa shape index (κ2) is 10.9. The van der Waals surface area contributed by atoms with Gasteiger partial charge in [0.25, 0.3) is 10.0 Å². The molecule has 1 aliphatic rings. The smallest absolute Gasteiger partial charge is 0.264 e. The first-order valence-electron chi connectivity index (χ1n) is 10.4. The van der Waals surface area contributed by atoms with Crippen LogP contribution in [0.1, 0.15) is 6.42 Å². The zero-order chi connectivity index (χ0) is 22.3. The van der Waals surface area contributed by atoms with Crippen molar-refractivity contribution in [3.05, 3.63) is 59.6 Å². The summed E-state index contributed by atoms with van der Waals surface area (Å²) < 4.78 is 27.6. The molecule has 2 aromatic rings. The molecule has 0 aliphatic carbocycles. The molecule has 9 heteroatoms. The van der Waals surface area contributed by atoms with Crippen LogP contribution in [0.25, 0.3) is 0 Å². The van der Waals surface area contributed by atoms with Gasteiger partial charge >= 0.3 is 0 Å². The standard InChI is InChI=1S/C22H29ClN4O3S/c1-25-14-16-26(17-15-25)13-5-12-24-22(28)18-27(20-10-8-19(23)9-11-20)31(29,30)21-6-3-2-4-7-21/h2-4,6-11H,5,12-18H2,1H3,(H,24,28). The average molecular weight is 465 g/mol. The predicted molar refractivity (Wildman–Crippen MR) is 124 cm³/mol. The molecule has 7 nitrogen and oxygen atoms in total. The summed E-state index contributed by atoms with van der Waals surface area (Å²) in [5, 5.41) is 3.35. The van der Waals surface area contributed by atoms with E-state index in [1.54, 1.807) is 42.5 Å². The van der Waals surface area contributed by atoms with Crippen LogP contribution in [-0.2, 0) is 14.8 Å². The number of carbonyl (C=O) groups excluding carboxylic acids is 1. The number of likely N-dealkylation sites (N-methyl/N-ethyl adjacent to an activating group) is 1. The Hall–Kier alpha value is -2.13. The fourth-order valence-electron chi connectivity index (χ4n) is 3.43. The van der Waals surface area contributed by atoms with E-state index in [0.717, 1.165) is 43.4 Å². The Morgan fingerprint density at radius 1 is 1.03 bits per heavy atom. The molecular formula is C22H29ClN4O3S. The minimum Gasteiger partial charge on any atom is -0.354 e. The summed E-state index contributed by atoms with van der Waals surface area (Å²) in [7, 11) is -1.78. The first kappa shape index (κ1) is 23.5. The molecule has 1 amide bonds. The van der Waals surface area contributed by atoms with E-state index in [1.165, 1.54) is 12.1 Å². The fraction of sp³-hybridized carbons (Fsp3) is 0.409. The van der Waals surface area contributed by atoms with Gasteiger partial charge < -0.3 is 15.1 Å². The average Bonchev–Trinajstić information content (AvgIpc) is 2.77. The van der Waals surface area contributed by atoms with E-state index in [4.69, 9.17) is 11.6 Å². The molecular weight excluding hydrogens is 436 g/mol. The Labute approximate surface area is 189 Å². The number of amides is 1. The molecule has 1 aliphatic heterocycles. The van der Waals surface area contributed by atoms with E-state index >= 15 is 0 Å². The molecule has 1 saturated heterocycles. The Kier molecular flexibility index (Phi) is 8.31. The second-order valence-electron chi connectivity index (χ2n) is 7.65. The first-order valence-corrected chi connectivity index (χ1v) is 12.2. The maximum Gasteiger partial charge on any atom is 0.264 e. The molecule has 0 spiro atoms. The highest BCUT2D eigenvalue weighted by Gasteiger charge is 2.27. The van der Waals surface area contributed by atoms with Crippen LogP contribution in [0.3, 0.4) is 0 Å². The van der Waals surface area contributed by atoms with Crippen LogP contribution in [0.2, 0.25) is 5.02 Å². The largest absolute Gasteiger partial charge is 0.354 e. The van der Waals surface area contributed by atoms with Crippen LogP contribution < -0.4 is 9.62 Å².